The fraction of sp³-hybridized carbons (Fsp3) is 0.667. The van der Waals surface area contributed by atoms with Gasteiger partial charge >= 0.3 is 11.9 Å². The molecule has 0 atom stereocenters. The highest BCUT2D eigenvalue weighted by Crippen LogP contribution is 2.17. The van der Waals surface area contributed by atoms with Crippen LogP contribution in [0.5, 0.6) is 0 Å². The molecule has 1 amide bonds. The number of Topliss-reactive ketones (excluding diaryl/α,β-unsaturated/α-hetero) is 1. The molecule has 1 aliphatic heterocycles. The molecule has 146 valence electrons. The molecule has 8 nitrogen and oxygen atoms in total. The zero-order valence-electron chi connectivity index (χ0n) is 15.7. The summed E-state index contributed by atoms with van der Waals surface area (Å²) in [5.41, 5.74) is -1.16. The van der Waals surface area contributed by atoms with Gasteiger partial charge in [0.1, 0.15) is 6.61 Å². The second-order valence-corrected chi connectivity index (χ2v) is 6.84. The molecule has 0 bridgehead atoms. The number of nitrogens with zero attached hydrogens (tertiary/aromatic N) is 1. The quantitative estimate of drug-likeness (QED) is 0.358. The van der Waals surface area contributed by atoms with E-state index in [0.29, 0.717) is 13.1 Å². The van der Waals surface area contributed by atoms with Crippen molar-refractivity contribution in [3.8, 4) is 0 Å². The predicted octanol–water partition coefficient (Wildman–Crippen LogP) is 0.456. The molecule has 1 aliphatic rings. The molecule has 0 aromatic rings. The summed E-state index contributed by atoms with van der Waals surface area (Å²) in [6.07, 6.45) is 5.39. The van der Waals surface area contributed by atoms with Crippen LogP contribution in [0, 0.1) is 5.41 Å². The molecular weight excluding hydrogens is 340 g/mol. The summed E-state index contributed by atoms with van der Waals surface area (Å²) in [6.45, 7) is 5.94. The van der Waals surface area contributed by atoms with Gasteiger partial charge in [0.05, 0.1) is 12.5 Å². The van der Waals surface area contributed by atoms with Crippen LogP contribution in [-0.2, 0) is 28.7 Å². The van der Waals surface area contributed by atoms with Crippen LogP contribution in [0.2, 0.25) is 0 Å². The Morgan fingerprint density at radius 3 is 2.27 bits per heavy atom. The lowest BCUT2D eigenvalue weighted by atomic mass is 9.88. The van der Waals surface area contributed by atoms with Crippen molar-refractivity contribution in [2.24, 2.45) is 5.41 Å². The third kappa shape index (κ3) is 7.77. The molecule has 0 aromatic heterocycles. The average molecular weight is 368 g/mol. The molecule has 1 fully saturated rings. The Labute approximate surface area is 153 Å². The summed E-state index contributed by atoms with van der Waals surface area (Å²) >= 11 is 0. The SMILES string of the molecule is COC(=O)/C=C/C(=O)OCC(C)(C)C(=O)C(=O)NCCN1CCCCC1. The van der Waals surface area contributed by atoms with Crippen molar-refractivity contribution in [3.05, 3.63) is 12.2 Å². The second-order valence-electron chi connectivity index (χ2n) is 6.84. The first-order valence-corrected chi connectivity index (χ1v) is 8.74. The number of amides is 1. The number of methoxy groups -OCH3 is 1. The van der Waals surface area contributed by atoms with Crippen LogP contribution >= 0.6 is 0 Å². The Morgan fingerprint density at radius 1 is 1.04 bits per heavy atom. The number of ketones is 1. The summed E-state index contributed by atoms with van der Waals surface area (Å²) in [4.78, 5) is 49.0. The van der Waals surface area contributed by atoms with Crippen LogP contribution in [-0.4, -0.2) is 68.4 Å². The molecule has 0 aliphatic carbocycles. The number of hydrogen-bond acceptors (Lipinski definition) is 7. The van der Waals surface area contributed by atoms with Gasteiger partial charge in [-0.1, -0.05) is 6.42 Å². The molecule has 1 heterocycles. The highest BCUT2D eigenvalue weighted by Gasteiger charge is 2.34. The third-order valence-electron chi connectivity index (χ3n) is 4.12. The van der Waals surface area contributed by atoms with Crippen molar-refractivity contribution in [2.45, 2.75) is 33.1 Å². The van der Waals surface area contributed by atoms with Crippen LogP contribution in [0.1, 0.15) is 33.1 Å². The number of likely N-dealkylation sites (tertiary alicyclic amines) is 1. The van der Waals surface area contributed by atoms with E-state index in [0.717, 1.165) is 38.1 Å². The Hall–Kier alpha value is -2.22. The lowest BCUT2D eigenvalue weighted by Crippen LogP contribution is -2.45. The van der Waals surface area contributed by atoms with Gasteiger partial charge in [-0.3, -0.25) is 9.59 Å². The van der Waals surface area contributed by atoms with Gasteiger partial charge in [0, 0.05) is 25.2 Å². The van der Waals surface area contributed by atoms with E-state index in [4.69, 9.17) is 4.74 Å². The number of nitrogens with one attached hydrogen (secondary N) is 1. The van der Waals surface area contributed by atoms with E-state index < -0.39 is 29.0 Å². The lowest BCUT2D eigenvalue weighted by molar-refractivity contribution is -0.149. The number of esters is 2. The van der Waals surface area contributed by atoms with Crippen molar-refractivity contribution in [1.82, 2.24) is 10.2 Å². The number of piperidine rings is 1. The summed E-state index contributed by atoms with van der Waals surface area (Å²) < 4.78 is 9.28. The number of carbonyl (C=O) groups excluding carboxylic acids is 4. The molecule has 1 saturated heterocycles. The van der Waals surface area contributed by atoms with Crippen molar-refractivity contribution < 1.29 is 28.7 Å². The van der Waals surface area contributed by atoms with Gasteiger partial charge in [0.15, 0.2) is 0 Å². The van der Waals surface area contributed by atoms with Crippen molar-refractivity contribution in [3.63, 3.8) is 0 Å². The van der Waals surface area contributed by atoms with Gasteiger partial charge in [-0.2, -0.15) is 0 Å². The Bertz CT molecular complexity index is 550. The Morgan fingerprint density at radius 2 is 1.65 bits per heavy atom. The van der Waals surface area contributed by atoms with E-state index in [2.05, 4.69) is 15.0 Å². The van der Waals surface area contributed by atoms with E-state index >= 15 is 0 Å². The molecule has 0 aromatic carbocycles. The van der Waals surface area contributed by atoms with Crippen LogP contribution in [0.3, 0.4) is 0 Å². The maximum absolute atomic E-state index is 12.3. The Kier molecular flexibility index (Phi) is 8.98. The monoisotopic (exact) mass is 368 g/mol. The zero-order chi connectivity index (χ0) is 19.6. The molecule has 0 unspecified atom stereocenters. The van der Waals surface area contributed by atoms with E-state index in [1.807, 2.05) is 0 Å². The smallest absolute Gasteiger partial charge is 0.331 e. The summed E-state index contributed by atoms with van der Waals surface area (Å²) in [5, 5.41) is 2.63. The minimum atomic E-state index is -1.16. The topological polar surface area (TPSA) is 102 Å². The number of rotatable bonds is 9. The first kappa shape index (κ1) is 21.8. The van der Waals surface area contributed by atoms with Crippen molar-refractivity contribution >= 4 is 23.6 Å². The van der Waals surface area contributed by atoms with E-state index in [9.17, 15) is 19.2 Å². The van der Waals surface area contributed by atoms with Gasteiger partial charge in [-0.15, -0.1) is 0 Å². The molecule has 0 saturated carbocycles. The fourth-order valence-electron chi connectivity index (χ4n) is 2.47. The first-order chi connectivity index (χ1) is 12.3. The molecule has 1 N–H and O–H groups in total. The molecule has 26 heavy (non-hydrogen) atoms. The molecule has 0 radical (unpaired) electrons. The van der Waals surface area contributed by atoms with Gasteiger partial charge in [0.2, 0.25) is 5.78 Å². The van der Waals surface area contributed by atoms with Crippen LogP contribution in [0.25, 0.3) is 0 Å². The van der Waals surface area contributed by atoms with Gasteiger partial charge in [-0.25, -0.2) is 9.59 Å². The fourth-order valence-corrected chi connectivity index (χ4v) is 2.47. The highest BCUT2D eigenvalue weighted by atomic mass is 16.5. The maximum atomic E-state index is 12.3. The maximum Gasteiger partial charge on any atom is 0.331 e. The standard InChI is InChI=1S/C18H28N2O6/c1-18(2,13-26-15(22)8-7-14(21)25-3)16(23)17(24)19-9-12-20-10-5-4-6-11-20/h7-8H,4-6,9-13H2,1-3H3,(H,19,24)/b8-7+. The number of carbonyl (C=O) groups is 4. The van der Waals surface area contributed by atoms with E-state index in [1.54, 1.807) is 0 Å². The minimum Gasteiger partial charge on any atom is -0.466 e. The van der Waals surface area contributed by atoms with E-state index in [1.165, 1.54) is 27.4 Å². The number of ether oxygens (including phenoxy) is 2. The first-order valence-electron chi connectivity index (χ1n) is 8.74. The van der Waals surface area contributed by atoms with Gasteiger partial charge in [-0.05, 0) is 39.8 Å². The molecule has 0 spiro atoms. The summed E-state index contributed by atoms with van der Waals surface area (Å²) in [7, 11) is 1.18. The van der Waals surface area contributed by atoms with Crippen LogP contribution in [0.4, 0.5) is 0 Å². The Balaban J connectivity index is 2.37. The molecule has 8 heteroatoms. The normalized spacial score (nSPS) is 15.5. The highest BCUT2D eigenvalue weighted by molar-refractivity contribution is 6.38. The lowest BCUT2D eigenvalue weighted by Gasteiger charge is -2.26. The average Bonchev–Trinajstić information content (AvgIpc) is 2.64. The van der Waals surface area contributed by atoms with Gasteiger partial charge in [0.25, 0.3) is 5.91 Å². The molecular formula is C18H28N2O6. The van der Waals surface area contributed by atoms with Crippen LogP contribution in [0.15, 0.2) is 12.2 Å². The van der Waals surface area contributed by atoms with E-state index in [-0.39, 0.29) is 6.61 Å². The summed E-state index contributed by atoms with van der Waals surface area (Å²) in [5.74, 6) is -2.82. The minimum absolute atomic E-state index is 0.268. The van der Waals surface area contributed by atoms with Crippen molar-refractivity contribution in [2.75, 3.05) is 39.9 Å². The predicted molar refractivity (Wildman–Crippen MR) is 94.2 cm³/mol. The van der Waals surface area contributed by atoms with Crippen molar-refractivity contribution in [1.29, 1.82) is 0 Å². The summed E-state index contributed by atoms with van der Waals surface area (Å²) in [6, 6.07) is 0. The number of hydrogen-bond donors (Lipinski definition) is 1. The van der Waals surface area contributed by atoms with Crippen LogP contribution < -0.4 is 5.32 Å². The zero-order valence-corrected chi connectivity index (χ0v) is 15.7. The van der Waals surface area contributed by atoms with Gasteiger partial charge < -0.3 is 19.7 Å². The largest absolute Gasteiger partial charge is 0.466 e. The molecule has 1 rings (SSSR count). The second kappa shape index (κ2) is 10.7. The third-order valence-corrected chi connectivity index (χ3v) is 4.12.